The van der Waals surface area contributed by atoms with Crippen LogP contribution in [0.25, 0.3) is 0 Å². The number of aromatic nitrogens is 2. The van der Waals surface area contributed by atoms with Gasteiger partial charge in [0.1, 0.15) is 11.9 Å². The van der Waals surface area contributed by atoms with Crippen molar-refractivity contribution in [3.05, 3.63) is 57.2 Å². The van der Waals surface area contributed by atoms with E-state index in [4.69, 9.17) is 11.6 Å². The summed E-state index contributed by atoms with van der Waals surface area (Å²) in [6, 6.07) is 6.21. The molecule has 2 aromatic rings. The molecule has 7 heteroatoms. The number of halogens is 2. The van der Waals surface area contributed by atoms with E-state index in [-0.39, 0.29) is 16.3 Å². The van der Waals surface area contributed by atoms with E-state index < -0.39 is 17.8 Å². The average molecular weight is 336 g/mol. The van der Waals surface area contributed by atoms with Gasteiger partial charge in [-0.25, -0.2) is 9.07 Å². The Morgan fingerprint density at radius 3 is 2.78 bits per heavy atom. The Balaban J connectivity index is 1.82. The molecule has 0 radical (unpaired) electrons. The van der Waals surface area contributed by atoms with E-state index in [2.05, 4.69) is 10.4 Å². The summed E-state index contributed by atoms with van der Waals surface area (Å²) in [5.41, 5.74) is 0.452. The molecule has 0 spiro atoms. The Kier molecular flexibility index (Phi) is 4.17. The number of carbonyl (C=O) groups excluding carboxylic acids is 1. The maximum absolute atomic E-state index is 13.8. The number of hydrogen-bond acceptors (Lipinski definition) is 3. The third kappa shape index (κ3) is 3.42. The largest absolute Gasteiger partial charge is 0.322 e. The van der Waals surface area contributed by atoms with Crippen LogP contribution in [0.4, 0.5) is 10.1 Å². The van der Waals surface area contributed by atoms with Gasteiger partial charge in [0.25, 0.3) is 5.56 Å². The van der Waals surface area contributed by atoms with Crippen LogP contribution in [0.5, 0.6) is 0 Å². The van der Waals surface area contributed by atoms with E-state index in [1.54, 1.807) is 13.0 Å². The summed E-state index contributed by atoms with van der Waals surface area (Å²) in [5, 5.41) is 6.96. The monoisotopic (exact) mass is 335 g/mol. The first-order chi connectivity index (χ1) is 11.0. The normalized spacial score (nSPS) is 15.3. The van der Waals surface area contributed by atoms with Crippen molar-refractivity contribution < 1.29 is 9.18 Å². The van der Waals surface area contributed by atoms with Gasteiger partial charge in [0.15, 0.2) is 0 Å². The zero-order chi connectivity index (χ0) is 16.6. The molecule has 1 heterocycles. The Labute approximate surface area is 137 Å². The average Bonchev–Trinajstić information content (AvgIpc) is 3.34. The number of rotatable bonds is 4. The zero-order valence-corrected chi connectivity index (χ0v) is 13.2. The van der Waals surface area contributed by atoms with Gasteiger partial charge in [0.05, 0.1) is 11.4 Å². The van der Waals surface area contributed by atoms with Crippen molar-refractivity contribution in [2.45, 2.75) is 31.7 Å². The predicted octanol–water partition coefficient (Wildman–Crippen LogP) is 3.11. The molecule has 1 saturated carbocycles. The molecule has 1 amide bonds. The van der Waals surface area contributed by atoms with Crippen LogP contribution < -0.4 is 10.9 Å². The first kappa shape index (κ1) is 15.7. The summed E-state index contributed by atoms with van der Waals surface area (Å²) in [4.78, 5) is 24.2. The molecule has 3 rings (SSSR count). The highest BCUT2D eigenvalue weighted by Crippen LogP contribution is 2.38. The molecule has 120 valence electrons. The molecule has 1 aromatic heterocycles. The molecule has 0 bridgehead atoms. The Bertz CT molecular complexity index is 817. The predicted molar refractivity (Wildman–Crippen MR) is 85.2 cm³/mol. The van der Waals surface area contributed by atoms with E-state index in [0.29, 0.717) is 5.92 Å². The van der Waals surface area contributed by atoms with E-state index in [9.17, 15) is 14.0 Å². The molecule has 0 saturated heterocycles. The highest BCUT2D eigenvalue weighted by atomic mass is 35.5. The van der Waals surface area contributed by atoms with Crippen molar-refractivity contribution in [1.82, 2.24) is 9.78 Å². The van der Waals surface area contributed by atoms with E-state index in [0.717, 1.165) is 29.3 Å². The van der Waals surface area contributed by atoms with Crippen LogP contribution in [0.3, 0.4) is 0 Å². The molecule has 0 aliphatic heterocycles. The first-order valence-electron chi connectivity index (χ1n) is 7.31. The van der Waals surface area contributed by atoms with Gasteiger partial charge >= 0.3 is 0 Å². The molecular weight excluding hydrogens is 321 g/mol. The van der Waals surface area contributed by atoms with Crippen molar-refractivity contribution in [3.63, 3.8) is 0 Å². The van der Waals surface area contributed by atoms with Crippen molar-refractivity contribution in [2.75, 3.05) is 5.32 Å². The Morgan fingerprint density at radius 1 is 1.39 bits per heavy atom. The molecule has 23 heavy (non-hydrogen) atoms. The van der Waals surface area contributed by atoms with Gasteiger partial charge in [0.2, 0.25) is 5.91 Å². The number of hydrogen-bond donors (Lipinski definition) is 1. The number of anilines is 1. The van der Waals surface area contributed by atoms with Crippen LogP contribution in [0.2, 0.25) is 5.02 Å². The van der Waals surface area contributed by atoms with Crippen molar-refractivity contribution in [1.29, 1.82) is 0 Å². The second-order valence-corrected chi connectivity index (χ2v) is 6.04. The fourth-order valence-corrected chi connectivity index (χ4v) is 2.41. The van der Waals surface area contributed by atoms with E-state index >= 15 is 0 Å². The molecule has 1 atom stereocenters. The van der Waals surface area contributed by atoms with Gasteiger partial charge in [-0.3, -0.25) is 9.59 Å². The lowest BCUT2D eigenvalue weighted by atomic mass is 10.2. The number of nitrogens with zero attached hydrogens (tertiary/aromatic N) is 2. The van der Waals surface area contributed by atoms with Crippen LogP contribution in [-0.2, 0) is 4.79 Å². The summed E-state index contributed by atoms with van der Waals surface area (Å²) in [6.45, 7) is 1.55. The second-order valence-electron chi connectivity index (χ2n) is 5.60. The number of amides is 1. The van der Waals surface area contributed by atoms with E-state index in [1.165, 1.54) is 18.2 Å². The number of benzene rings is 1. The van der Waals surface area contributed by atoms with Gasteiger partial charge in [-0.05, 0) is 44.0 Å². The molecule has 5 nitrogen and oxygen atoms in total. The topological polar surface area (TPSA) is 64.0 Å². The minimum atomic E-state index is -0.851. The van der Waals surface area contributed by atoms with Crippen LogP contribution >= 0.6 is 11.6 Å². The molecule has 1 unspecified atom stereocenters. The van der Waals surface area contributed by atoms with E-state index in [1.807, 2.05) is 0 Å². The quantitative estimate of drug-likeness (QED) is 0.933. The maximum atomic E-state index is 13.8. The summed E-state index contributed by atoms with van der Waals surface area (Å²) < 4.78 is 14.9. The smallest absolute Gasteiger partial charge is 0.267 e. The van der Waals surface area contributed by atoms with Crippen LogP contribution in [0.15, 0.2) is 35.1 Å². The Hall–Kier alpha value is -2.21. The lowest BCUT2D eigenvalue weighted by Crippen LogP contribution is -2.33. The highest BCUT2D eigenvalue weighted by molar-refractivity contribution is 6.30. The highest BCUT2D eigenvalue weighted by Gasteiger charge is 2.27. The van der Waals surface area contributed by atoms with Crippen molar-refractivity contribution >= 4 is 23.2 Å². The van der Waals surface area contributed by atoms with Crippen LogP contribution in [-0.4, -0.2) is 15.7 Å². The summed E-state index contributed by atoms with van der Waals surface area (Å²) in [6.07, 6.45) is 2.09. The number of nitrogens with one attached hydrogen (secondary N) is 1. The molecule has 1 N–H and O–H groups in total. The molecule has 1 aromatic carbocycles. The fraction of sp³-hybridized carbons (Fsp3) is 0.312. The third-order valence-corrected chi connectivity index (χ3v) is 4.01. The van der Waals surface area contributed by atoms with Crippen LogP contribution in [0.1, 0.15) is 37.4 Å². The van der Waals surface area contributed by atoms with Crippen molar-refractivity contribution in [2.24, 2.45) is 0 Å². The summed E-state index contributed by atoms with van der Waals surface area (Å²) in [7, 11) is 0. The maximum Gasteiger partial charge on any atom is 0.267 e. The van der Waals surface area contributed by atoms with Gasteiger partial charge < -0.3 is 5.32 Å². The van der Waals surface area contributed by atoms with Gasteiger partial charge in [-0.1, -0.05) is 11.6 Å². The molecule has 1 aliphatic carbocycles. The summed E-state index contributed by atoms with van der Waals surface area (Å²) >= 11 is 5.68. The standard InChI is InChI=1S/C16H15ClFN3O2/c1-9(16(23)19-14-5-4-11(17)8-12(14)18)21-15(22)7-6-13(20-21)10-2-3-10/h4-10H,2-3H2,1H3,(H,19,23). The lowest BCUT2D eigenvalue weighted by molar-refractivity contribution is -0.119. The Morgan fingerprint density at radius 2 is 2.13 bits per heavy atom. The summed E-state index contributed by atoms with van der Waals surface area (Å²) in [5.74, 6) is -0.787. The van der Waals surface area contributed by atoms with Gasteiger partial charge in [0, 0.05) is 17.0 Å². The fourth-order valence-electron chi connectivity index (χ4n) is 2.25. The second kappa shape index (κ2) is 6.12. The van der Waals surface area contributed by atoms with Gasteiger partial charge in [-0.15, -0.1) is 0 Å². The van der Waals surface area contributed by atoms with Crippen LogP contribution in [0, 0.1) is 5.82 Å². The minimum Gasteiger partial charge on any atom is -0.322 e. The third-order valence-electron chi connectivity index (χ3n) is 3.78. The SMILES string of the molecule is CC(C(=O)Nc1ccc(Cl)cc1F)n1nc(C2CC2)ccc1=O. The van der Waals surface area contributed by atoms with Crippen molar-refractivity contribution in [3.8, 4) is 0 Å². The minimum absolute atomic E-state index is 0.0117. The van der Waals surface area contributed by atoms with Gasteiger partial charge in [-0.2, -0.15) is 5.10 Å². The zero-order valence-electron chi connectivity index (χ0n) is 12.4. The molecule has 1 fully saturated rings. The molecule has 1 aliphatic rings. The lowest BCUT2D eigenvalue weighted by Gasteiger charge is -2.15. The molecular formula is C16H15ClFN3O2. The first-order valence-corrected chi connectivity index (χ1v) is 7.69. The number of carbonyl (C=O) groups is 1.